The fraction of sp³-hybridized carbons (Fsp3) is 0.308. The minimum Gasteiger partial charge on any atom is -0.388 e. The van der Waals surface area contributed by atoms with Gasteiger partial charge in [-0.15, -0.1) is 0 Å². The van der Waals surface area contributed by atoms with Gasteiger partial charge in [0.25, 0.3) is 0 Å². The van der Waals surface area contributed by atoms with Crippen LogP contribution in [-0.2, 0) is 13.5 Å². The van der Waals surface area contributed by atoms with E-state index in [1.807, 2.05) is 25.1 Å². The van der Waals surface area contributed by atoms with Crippen molar-refractivity contribution < 1.29 is 5.11 Å². The number of hydrogen-bond donors (Lipinski definition) is 1. The molecule has 1 aromatic heterocycles. The highest BCUT2D eigenvalue weighted by atomic mass is 79.9. The molecule has 0 bridgehead atoms. The molecule has 6 heteroatoms. The first-order chi connectivity index (χ1) is 8.90. The Morgan fingerprint density at radius 3 is 2.68 bits per heavy atom. The molecule has 1 unspecified atom stereocenters. The van der Waals surface area contributed by atoms with E-state index in [1.54, 1.807) is 11.7 Å². The average Bonchev–Trinajstić information content (AvgIpc) is 2.59. The van der Waals surface area contributed by atoms with Gasteiger partial charge in [-0.3, -0.25) is 4.68 Å². The lowest BCUT2D eigenvalue weighted by Crippen LogP contribution is -2.04. The van der Waals surface area contributed by atoms with Crippen LogP contribution in [0.2, 0.25) is 5.15 Å². The predicted molar refractivity (Wildman–Crippen MR) is 83.5 cm³/mol. The molecule has 0 spiro atoms. The molecular weight excluding hydrogens is 395 g/mol. The average molecular weight is 409 g/mol. The van der Waals surface area contributed by atoms with Gasteiger partial charge >= 0.3 is 0 Å². The van der Waals surface area contributed by atoms with Gasteiger partial charge in [0.2, 0.25) is 0 Å². The van der Waals surface area contributed by atoms with E-state index in [1.165, 1.54) is 0 Å². The number of aliphatic hydroxyl groups is 1. The van der Waals surface area contributed by atoms with Gasteiger partial charge in [-0.25, -0.2) is 0 Å². The minimum absolute atomic E-state index is 0.438. The van der Waals surface area contributed by atoms with Crippen LogP contribution in [0.1, 0.15) is 22.9 Å². The van der Waals surface area contributed by atoms with Crippen molar-refractivity contribution in [2.75, 3.05) is 0 Å². The van der Waals surface area contributed by atoms with E-state index < -0.39 is 6.10 Å². The molecule has 19 heavy (non-hydrogen) atoms. The summed E-state index contributed by atoms with van der Waals surface area (Å²) >= 11 is 13.0. The summed E-state index contributed by atoms with van der Waals surface area (Å²) in [7, 11) is 1.79. The topological polar surface area (TPSA) is 38.0 Å². The lowest BCUT2D eigenvalue weighted by molar-refractivity contribution is 0.177. The van der Waals surface area contributed by atoms with Crippen molar-refractivity contribution >= 4 is 43.5 Å². The Bertz CT molecular complexity index is 613. The summed E-state index contributed by atoms with van der Waals surface area (Å²) < 4.78 is 3.43. The van der Waals surface area contributed by atoms with Crippen molar-refractivity contribution in [3.8, 4) is 0 Å². The quantitative estimate of drug-likeness (QED) is 0.827. The van der Waals surface area contributed by atoms with E-state index >= 15 is 0 Å². The normalized spacial score (nSPS) is 12.7. The third kappa shape index (κ3) is 3.21. The molecule has 2 rings (SSSR count). The highest BCUT2D eigenvalue weighted by Crippen LogP contribution is 2.31. The molecule has 0 fully saturated rings. The number of aryl methyl sites for hydroxylation is 2. The Hall–Kier alpha value is -0.360. The molecule has 1 N–H and O–H groups in total. The number of benzene rings is 1. The first-order valence-electron chi connectivity index (χ1n) is 5.71. The Morgan fingerprint density at radius 2 is 2.11 bits per heavy atom. The highest BCUT2D eigenvalue weighted by Gasteiger charge is 2.18. The summed E-state index contributed by atoms with van der Waals surface area (Å²) in [6.45, 7) is 1.89. The van der Waals surface area contributed by atoms with Gasteiger partial charge in [0.1, 0.15) is 5.15 Å². The van der Waals surface area contributed by atoms with Crippen molar-refractivity contribution in [2.24, 2.45) is 7.05 Å². The van der Waals surface area contributed by atoms with Gasteiger partial charge in [-0.2, -0.15) is 5.10 Å². The molecule has 0 saturated carbocycles. The molecule has 1 heterocycles. The molecule has 102 valence electrons. The molecule has 0 amide bonds. The van der Waals surface area contributed by atoms with E-state index in [2.05, 4.69) is 37.0 Å². The lowest BCUT2D eigenvalue weighted by Gasteiger charge is -2.13. The summed E-state index contributed by atoms with van der Waals surface area (Å²) in [4.78, 5) is 0. The highest BCUT2D eigenvalue weighted by molar-refractivity contribution is 9.11. The summed E-state index contributed by atoms with van der Waals surface area (Å²) in [6.07, 6.45) is -0.194. The van der Waals surface area contributed by atoms with Crippen LogP contribution in [0, 0.1) is 6.92 Å². The largest absolute Gasteiger partial charge is 0.388 e. The van der Waals surface area contributed by atoms with Gasteiger partial charge in [0.15, 0.2) is 0 Å². The number of halogens is 3. The van der Waals surface area contributed by atoms with Crippen LogP contribution in [0.3, 0.4) is 0 Å². The monoisotopic (exact) mass is 406 g/mol. The number of aliphatic hydroxyl groups excluding tert-OH is 1. The smallest absolute Gasteiger partial charge is 0.130 e. The van der Waals surface area contributed by atoms with E-state index in [-0.39, 0.29) is 0 Å². The Morgan fingerprint density at radius 1 is 1.42 bits per heavy atom. The minimum atomic E-state index is -0.632. The molecule has 2 aromatic rings. The summed E-state index contributed by atoms with van der Waals surface area (Å²) in [5.74, 6) is 0. The lowest BCUT2D eigenvalue weighted by atomic mass is 10.0. The Balaban J connectivity index is 2.30. The number of hydrogen-bond acceptors (Lipinski definition) is 2. The van der Waals surface area contributed by atoms with Crippen LogP contribution >= 0.6 is 43.5 Å². The Labute approximate surface area is 133 Å². The molecule has 0 aliphatic heterocycles. The van der Waals surface area contributed by atoms with Crippen LogP contribution in [0.25, 0.3) is 0 Å². The SMILES string of the molecule is Cc1nn(C)c(Cl)c1CC(O)c1cc(Br)ccc1Br. The number of aromatic nitrogens is 2. The molecule has 1 aromatic carbocycles. The van der Waals surface area contributed by atoms with Gasteiger partial charge in [-0.05, 0) is 30.7 Å². The molecule has 0 saturated heterocycles. The standard InChI is InChI=1S/C13H13Br2ClN2O/c1-7-9(13(16)18(2)17-7)6-12(19)10-5-8(14)3-4-11(10)15/h3-5,12,19H,6H2,1-2H3. The molecule has 1 atom stereocenters. The Kier molecular flexibility index (Phi) is 4.71. The zero-order valence-corrected chi connectivity index (χ0v) is 14.4. The first-order valence-corrected chi connectivity index (χ1v) is 7.67. The van der Waals surface area contributed by atoms with Crippen LogP contribution < -0.4 is 0 Å². The maximum absolute atomic E-state index is 10.4. The fourth-order valence-electron chi connectivity index (χ4n) is 1.98. The predicted octanol–water partition coefficient (Wildman–Crippen LogP) is 4.18. The molecule has 0 aliphatic rings. The summed E-state index contributed by atoms with van der Waals surface area (Å²) in [5, 5.41) is 15.2. The second kappa shape index (κ2) is 5.95. The first kappa shape index (κ1) is 15.0. The molecule has 0 radical (unpaired) electrons. The zero-order chi connectivity index (χ0) is 14.2. The third-order valence-corrected chi connectivity index (χ3v) is 4.67. The van der Waals surface area contributed by atoms with Crippen molar-refractivity contribution in [3.05, 3.63) is 49.1 Å². The van der Waals surface area contributed by atoms with E-state index in [9.17, 15) is 5.11 Å². The number of rotatable bonds is 3. The molecule has 3 nitrogen and oxygen atoms in total. The van der Waals surface area contributed by atoms with E-state index in [0.29, 0.717) is 11.6 Å². The summed E-state index contributed by atoms with van der Waals surface area (Å²) in [6, 6.07) is 5.72. The van der Waals surface area contributed by atoms with Crippen LogP contribution in [0.15, 0.2) is 27.1 Å². The maximum atomic E-state index is 10.4. The van der Waals surface area contributed by atoms with E-state index in [0.717, 1.165) is 25.8 Å². The van der Waals surface area contributed by atoms with Crippen molar-refractivity contribution in [3.63, 3.8) is 0 Å². The maximum Gasteiger partial charge on any atom is 0.130 e. The van der Waals surface area contributed by atoms with Crippen molar-refractivity contribution in [1.29, 1.82) is 0 Å². The fourth-order valence-corrected chi connectivity index (χ4v) is 3.12. The zero-order valence-electron chi connectivity index (χ0n) is 10.5. The van der Waals surface area contributed by atoms with Crippen LogP contribution in [-0.4, -0.2) is 14.9 Å². The van der Waals surface area contributed by atoms with Gasteiger partial charge in [0.05, 0.1) is 11.8 Å². The molecule has 0 aliphatic carbocycles. The molecular formula is C13H13Br2ClN2O. The van der Waals surface area contributed by atoms with Crippen molar-refractivity contribution in [2.45, 2.75) is 19.4 Å². The second-order valence-electron chi connectivity index (χ2n) is 4.36. The van der Waals surface area contributed by atoms with Gasteiger partial charge in [0, 0.05) is 28.0 Å². The van der Waals surface area contributed by atoms with E-state index in [4.69, 9.17) is 11.6 Å². The third-order valence-electron chi connectivity index (χ3n) is 2.98. The van der Waals surface area contributed by atoms with Crippen LogP contribution in [0.4, 0.5) is 0 Å². The van der Waals surface area contributed by atoms with Crippen molar-refractivity contribution in [1.82, 2.24) is 9.78 Å². The second-order valence-corrected chi connectivity index (χ2v) is 6.49. The van der Waals surface area contributed by atoms with Gasteiger partial charge in [-0.1, -0.05) is 43.5 Å². The number of nitrogens with zero attached hydrogens (tertiary/aromatic N) is 2. The van der Waals surface area contributed by atoms with Gasteiger partial charge < -0.3 is 5.11 Å². The summed E-state index contributed by atoms with van der Waals surface area (Å²) in [5.41, 5.74) is 2.55. The van der Waals surface area contributed by atoms with Crippen LogP contribution in [0.5, 0.6) is 0 Å².